The number of hydrogen-bond donors (Lipinski definition) is 1. The normalized spacial score (nSPS) is 16.6. The molecule has 1 aliphatic rings. The molecule has 1 aromatic carbocycles. The van der Waals surface area contributed by atoms with E-state index < -0.39 is 0 Å². The van der Waals surface area contributed by atoms with Crippen LogP contribution in [0.5, 0.6) is 0 Å². The summed E-state index contributed by atoms with van der Waals surface area (Å²) in [7, 11) is 1.76. The van der Waals surface area contributed by atoms with Gasteiger partial charge in [-0.25, -0.2) is 0 Å². The van der Waals surface area contributed by atoms with E-state index in [1.807, 2.05) is 0 Å². The molecule has 1 fully saturated rings. The monoisotopic (exact) mass is 277 g/mol. The summed E-state index contributed by atoms with van der Waals surface area (Å²) in [5, 5.41) is 3.48. The number of benzene rings is 1. The van der Waals surface area contributed by atoms with E-state index in [9.17, 15) is 0 Å². The van der Waals surface area contributed by atoms with E-state index in [0.717, 1.165) is 58.8 Å². The Labute approximate surface area is 122 Å². The number of hydrogen-bond acceptors (Lipinski definition) is 4. The third-order valence-electron chi connectivity index (χ3n) is 3.80. The molecule has 0 radical (unpaired) electrons. The lowest BCUT2D eigenvalue weighted by atomic mass is 10.2. The number of methoxy groups -OCH3 is 1. The number of anilines is 1. The zero-order valence-corrected chi connectivity index (χ0v) is 12.6. The highest BCUT2D eigenvalue weighted by atomic mass is 16.5. The Hall–Kier alpha value is -1.10. The van der Waals surface area contributed by atoms with Crippen LogP contribution >= 0.6 is 0 Å². The van der Waals surface area contributed by atoms with E-state index in [1.165, 1.54) is 5.69 Å². The summed E-state index contributed by atoms with van der Waals surface area (Å²) in [4.78, 5) is 5.02. The molecular formula is C16H27N3O. The summed E-state index contributed by atoms with van der Waals surface area (Å²) < 4.78 is 5.04. The molecule has 2 rings (SSSR count). The molecule has 4 heteroatoms. The number of nitrogens with zero attached hydrogens (tertiary/aromatic N) is 2. The van der Waals surface area contributed by atoms with Crippen molar-refractivity contribution >= 4 is 5.69 Å². The second kappa shape index (κ2) is 8.95. The molecule has 0 amide bonds. The predicted molar refractivity (Wildman–Crippen MR) is 84.5 cm³/mol. The van der Waals surface area contributed by atoms with Gasteiger partial charge in [-0.3, -0.25) is 4.90 Å². The maximum Gasteiger partial charge on any atom is 0.0474 e. The molecule has 0 unspecified atom stereocenters. The highest BCUT2D eigenvalue weighted by Crippen LogP contribution is 2.15. The lowest BCUT2D eigenvalue weighted by Gasteiger charge is -2.36. The Kier molecular flexibility index (Phi) is 6.84. The van der Waals surface area contributed by atoms with Crippen LogP contribution in [0.2, 0.25) is 0 Å². The predicted octanol–water partition coefficient (Wildman–Crippen LogP) is 1.43. The van der Waals surface area contributed by atoms with Crippen LogP contribution < -0.4 is 10.2 Å². The summed E-state index contributed by atoms with van der Waals surface area (Å²) in [6.07, 6.45) is 1.10. The molecule has 1 heterocycles. The Morgan fingerprint density at radius 1 is 1.05 bits per heavy atom. The first kappa shape index (κ1) is 15.3. The average molecular weight is 277 g/mol. The molecule has 1 saturated heterocycles. The second-order valence-corrected chi connectivity index (χ2v) is 5.26. The van der Waals surface area contributed by atoms with Gasteiger partial charge in [-0.15, -0.1) is 0 Å². The van der Waals surface area contributed by atoms with Crippen molar-refractivity contribution in [3.63, 3.8) is 0 Å². The molecule has 1 aromatic rings. The van der Waals surface area contributed by atoms with Crippen LogP contribution in [0.1, 0.15) is 6.42 Å². The topological polar surface area (TPSA) is 27.7 Å². The van der Waals surface area contributed by atoms with Crippen molar-refractivity contribution in [2.24, 2.45) is 0 Å². The van der Waals surface area contributed by atoms with Crippen LogP contribution in [-0.2, 0) is 4.74 Å². The lowest BCUT2D eigenvalue weighted by Crippen LogP contribution is -2.48. The Bertz CT molecular complexity index is 350. The molecule has 1 N–H and O–H groups in total. The summed E-state index contributed by atoms with van der Waals surface area (Å²) in [6, 6.07) is 10.7. The van der Waals surface area contributed by atoms with Crippen molar-refractivity contribution in [1.29, 1.82) is 0 Å². The molecule has 0 saturated carbocycles. The average Bonchev–Trinajstić information content (AvgIpc) is 2.52. The third kappa shape index (κ3) is 5.12. The van der Waals surface area contributed by atoms with Gasteiger partial charge in [-0.1, -0.05) is 18.2 Å². The Morgan fingerprint density at radius 2 is 1.80 bits per heavy atom. The Morgan fingerprint density at radius 3 is 2.50 bits per heavy atom. The van der Waals surface area contributed by atoms with Gasteiger partial charge in [0, 0.05) is 58.7 Å². The molecule has 112 valence electrons. The fraction of sp³-hybridized carbons (Fsp3) is 0.625. The molecular weight excluding hydrogens is 250 g/mol. The fourth-order valence-corrected chi connectivity index (χ4v) is 2.57. The van der Waals surface area contributed by atoms with Gasteiger partial charge in [0.1, 0.15) is 0 Å². The minimum Gasteiger partial charge on any atom is -0.385 e. The van der Waals surface area contributed by atoms with Gasteiger partial charge in [-0.05, 0) is 25.1 Å². The molecule has 0 aliphatic carbocycles. The van der Waals surface area contributed by atoms with E-state index in [4.69, 9.17) is 4.74 Å². The van der Waals surface area contributed by atoms with Crippen LogP contribution in [-0.4, -0.2) is 64.4 Å². The maximum absolute atomic E-state index is 5.04. The summed E-state index contributed by atoms with van der Waals surface area (Å²) in [5.41, 5.74) is 1.35. The Balaban J connectivity index is 1.58. The number of rotatable bonds is 8. The smallest absolute Gasteiger partial charge is 0.0474 e. The first-order chi connectivity index (χ1) is 9.90. The van der Waals surface area contributed by atoms with E-state index in [0.29, 0.717) is 0 Å². The second-order valence-electron chi connectivity index (χ2n) is 5.26. The first-order valence-electron chi connectivity index (χ1n) is 7.62. The quantitative estimate of drug-likeness (QED) is 0.728. The van der Waals surface area contributed by atoms with E-state index >= 15 is 0 Å². The van der Waals surface area contributed by atoms with Gasteiger partial charge in [-0.2, -0.15) is 0 Å². The van der Waals surface area contributed by atoms with Crippen LogP contribution in [0.15, 0.2) is 30.3 Å². The number of para-hydroxylation sites is 1. The first-order valence-corrected chi connectivity index (χ1v) is 7.62. The largest absolute Gasteiger partial charge is 0.385 e. The SMILES string of the molecule is COCCCNCCN1CCN(c2ccccc2)CC1. The van der Waals surface area contributed by atoms with Gasteiger partial charge < -0.3 is 15.0 Å². The molecule has 0 atom stereocenters. The molecule has 0 aromatic heterocycles. The number of nitrogens with one attached hydrogen (secondary N) is 1. The van der Waals surface area contributed by atoms with Crippen LogP contribution in [0, 0.1) is 0 Å². The lowest BCUT2D eigenvalue weighted by molar-refractivity contribution is 0.193. The molecule has 0 spiro atoms. The molecule has 1 aliphatic heterocycles. The van der Waals surface area contributed by atoms with Crippen molar-refractivity contribution in [3.8, 4) is 0 Å². The summed E-state index contributed by atoms with van der Waals surface area (Å²) in [5.74, 6) is 0. The number of ether oxygens (including phenoxy) is 1. The molecule has 20 heavy (non-hydrogen) atoms. The summed E-state index contributed by atoms with van der Waals surface area (Å²) in [6.45, 7) is 8.72. The highest BCUT2D eigenvalue weighted by molar-refractivity contribution is 5.46. The van der Waals surface area contributed by atoms with Gasteiger partial charge in [0.2, 0.25) is 0 Å². The van der Waals surface area contributed by atoms with Crippen molar-refractivity contribution < 1.29 is 4.74 Å². The zero-order valence-electron chi connectivity index (χ0n) is 12.6. The van der Waals surface area contributed by atoms with Crippen molar-refractivity contribution in [2.45, 2.75) is 6.42 Å². The highest BCUT2D eigenvalue weighted by Gasteiger charge is 2.16. The maximum atomic E-state index is 5.04. The summed E-state index contributed by atoms with van der Waals surface area (Å²) >= 11 is 0. The van der Waals surface area contributed by atoms with Crippen molar-refractivity contribution in [3.05, 3.63) is 30.3 Å². The van der Waals surface area contributed by atoms with Crippen LogP contribution in [0.4, 0.5) is 5.69 Å². The fourth-order valence-electron chi connectivity index (χ4n) is 2.57. The molecule has 0 bridgehead atoms. The van der Waals surface area contributed by atoms with Gasteiger partial charge in [0.15, 0.2) is 0 Å². The molecule has 4 nitrogen and oxygen atoms in total. The van der Waals surface area contributed by atoms with Crippen molar-refractivity contribution in [1.82, 2.24) is 10.2 Å². The van der Waals surface area contributed by atoms with Gasteiger partial charge in [0.25, 0.3) is 0 Å². The minimum absolute atomic E-state index is 0.850. The van der Waals surface area contributed by atoms with E-state index in [-0.39, 0.29) is 0 Å². The van der Waals surface area contributed by atoms with Crippen LogP contribution in [0.3, 0.4) is 0 Å². The number of piperazine rings is 1. The zero-order chi connectivity index (χ0) is 14.0. The third-order valence-corrected chi connectivity index (χ3v) is 3.80. The van der Waals surface area contributed by atoms with Gasteiger partial charge >= 0.3 is 0 Å². The van der Waals surface area contributed by atoms with Crippen molar-refractivity contribution in [2.75, 3.05) is 64.4 Å². The standard InChI is InChI=1S/C16H27N3O/c1-20-15-5-8-17-9-10-18-11-13-19(14-12-18)16-6-3-2-4-7-16/h2-4,6-7,17H,5,8-15H2,1H3. The van der Waals surface area contributed by atoms with E-state index in [2.05, 4.69) is 45.4 Å². The van der Waals surface area contributed by atoms with Gasteiger partial charge in [0.05, 0.1) is 0 Å². The van der Waals surface area contributed by atoms with Crippen LogP contribution in [0.25, 0.3) is 0 Å². The minimum atomic E-state index is 0.850. The van der Waals surface area contributed by atoms with E-state index in [1.54, 1.807) is 7.11 Å².